The second-order valence-electron chi connectivity index (χ2n) is 9.92. The van der Waals surface area contributed by atoms with Crippen molar-refractivity contribution in [3.05, 3.63) is 0 Å². The van der Waals surface area contributed by atoms with Gasteiger partial charge >= 0.3 is 5.97 Å². The summed E-state index contributed by atoms with van der Waals surface area (Å²) in [6, 6.07) is 0.704. The van der Waals surface area contributed by atoms with E-state index in [0.29, 0.717) is 6.04 Å². The SMILES string of the molecule is COC[C@@H]1CCCN1N([C@H]1CCCC[C@@H]1C(=O)OC(C)(C)C)[Si](C)(C)C. The Labute approximate surface area is 161 Å². The fraction of sp³-hybridized carbons (Fsp3) is 0.950. The number of hydrogen-bond acceptors (Lipinski definition) is 5. The summed E-state index contributed by atoms with van der Waals surface area (Å²) >= 11 is 0. The fourth-order valence-corrected chi connectivity index (χ4v) is 6.93. The van der Waals surface area contributed by atoms with Crippen molar-refractivity contribution >= 4 is 14.2 Å². The maximum Gasteiger partial charge on any atom is 0.311 e. The highest BCUT2D eigenvalue weighted by Crippen LogP contribution is 2.36. The van der Waals surface area contributed by atoms with E-state index in [9.17, 15) is 4.79 Å². The van der Waals surface area contributed by atoms with Crippen LogP contribution in [-0.4, -0.2) is 61.8 Å². The number of methoxy groups -OCH3 is 1. The maximum atomic E-state index is 13.0. The van der Waals surface area contributed by atoms with E-state index in [4.69, 9.17) is 9.47 Å². The Morgan fingerprint density at radius 2 is 1.77 bits per heavy atom. The predicted octanol–water partition coefficient (Wildman–Crippen LogP) is 4.05. The molecule has 0 aromatic rings. The van der Waals surface area contributed by atoms with Crippen LogP contribution in [0.5, 0.6) is 0 Å². The standard InChI is InChI=1S/C20H40N2O3Si/c1-20(2,3)25-19(23)17-12-8-9-13-18(17)22(26(5,6)7)21-14-10-11-16(21)15-24-4/h16-18H,8-15H2,1-7H3/t16-,17-,18-/m0/s1. The molecule has 152 valence electrons. The molecule has 1 aliphatic carbocycles. The lowest BCUT2D eigenvalue weighted by molar-refractivity contribution is -0.166. The average molecular weight is 385 g/mol. The minimum absolute atomic E-state index is 0.00654. The van der Waals surface area contributed by atoms with Crippen LogP contribution in [0.2, 0.25) is 19.6 Å². The lowest BCUT2D eigenvalue weighted by Gasteiger charge is -2.51. The number of carbonyl (C=O) groups excluding carboxylic acids is 1. The molecular formula is C20H40N2O3Si. The van der Waals surface area contributed by atoms with Crippen LogP contribution in [0.3, 0.4) is 0 Å². The molecule has 0 unspecified atom stereocenters. The Morgan fingerprint density at radius 3 is 2.35 bits per heavy atom. The molecule has 5 nitrogen and oxygen atoms in total. The Hall–Kier alpha value is -0.433. The van der Waals surface area contributed by atoms with Gasteiger partial charge in [-0.15, -0.1) is 0 Å². The molecule has 0 radical (unpaired) electrons. The zero-order valence-electron chi connectivity index (χ0n) is 18.0. The van der Waals surface area contributed by atoms with Gasteiger partial charge in [-0.3, -0.25) is 9.47 Å². The molecule has 3 atom stereocenters. The Balaban J connectivity index is 2.28. The van der Waals surface area contributed by atoms with Gasteiger partial charge in [-0.05, 0) is 46.5 Å². The largest absolute Gasteiger partial charge is 0.460 e. The average Bonchev–Trinajstić information content (AvgIpc) is 2.93. The van der Waals surface area contributed by atoms with Crippen molar-refractivity contribution in [3.63, 3.8) is 0 Å². The minimum atomic E-state index is -1.66. The van der Waals surface area contributed by atoms with Gasteiger partial charge in [-0.1, -0.05) is 32.5 Å². The van der Waals surface area contributed by atoms with Crippen molar-refractivity contribution in [2.45, 2.75) is 96.6 Å². The van der Waals surface area contributed by atoms with Crippen LogP contribution in [0.1, 0.15) is 59.3 Å². The summed E-state index contributed by atoms with van der Waals surface area (Å²) in [5.41, 5.74) is -0.421. The highest BCUT2D eigenvalue weighted by atomic mass is 28.3. The predicted molar refractivity (Wildman–Crippen MR) is 108 cm³/mol. The molecule has 6 heteroatoms. The van der Waals surface area contributed by atoms with Crippen LogP contribution in [0.4, 0.5) is 0 Å². The maximum absolute atomic E-state index is 13.0. The van der Waals surface area contributed by atoms with Gasteiger partial charge < -0.3 is 9.47 Å². The van der Waals surface area contributed by atoms with Gasteiger partial charge in [-0.2, -0.15) is 0 Å². The van der Waals surface area contributed by atoms with Crippen molar-refractivity contribution in [1.29, 1.82) is 0 Å². The van der Waals surface area contributed by atoms with Gasteiger partial charge in [0.05, 0.1) is 12.5 Å². The number of nitrogens with zero attached hydrogens (tertiary/aromatic N) is 2. The molecule has 1 aliphatic heterocycles. The van der Waals surface area contributed by atoms with Gasteiger partial charge in [0.15, 0.2) is 0 Å². The van der Waals surface area contributed by atoms with E-state index in [1.54, 1.807) is 7.11 Å². The number of rotatable bonds is 6. The van der Waals surface area contributed by atoms with Crippen molar-refractivity contribution in [3.8, 4) is 0 Å². The van der Waals surface area contributed by atoms with Crippen LogP contribution in [-0.2, 0) is 14.3 Å². The normalized spacial score (nSPS) is 28.5. The summed E-state index contributed by atoms with van der Waals surface area (Å²) in [5, 5.41) is 2.56. The second-order valence-corrected chi connectivity index (χ2v) is 14.7. The molecule has 2 rings (SSSR count). The van der Waals surface area contributed by atoms with Gasteiger partial charge in [-0.25, -0.2) is 5.01 Å². The summed E-state index contributed by atoms with van der Waals surface area (Å²) in [4.78, 5) is 13.0. The molecule has 0 N–H and O–H groups in total. The highest BCUT2D eigenvalue weighted by Gasteiger charge is 2.46. The third kappa shape index (κ3) is 5.53. The van der Waals surface area contributed by atoms with Crippen molar-refractivity contribution < 1.29 is 14.3 Å². The summed E-state index contributed by atoms with van der Waals surface area (Å²) < 4.78 is 14.0. The summed E-state index contributed by atoms with van der Waals surface area (Å²) in [6.07, 6.45) is 6.75. The second kappa shape index (κ2) is 8.72. The first kappa shape index (κ1) is 21.9. The molecule has 1 heterocycles. The van der Waals surface area contributed by atoms with Gasteiger partial charge in [0.1, 0.15) is 13.8 Å². The van der Waals surface area contributed by atoms with E-state index < -0.39 is 13.8 Å². The van der Waals surface area contributed by atoms with Crippen LogP contribution in [0, 0.1) is 5.92 Å². The van der Waals surface area contributed by atoms with E-state index in [0.717, 1.165) is 32.4 Å². The summed E-state index contributed by atoms with van der Waals surface area (Å²) in [6.45, 7) is 14.9. The third-order valence-corrected chi connectivity index (χ3v) is 7.39. The van der Waals surface area contributed by atoms with Crippen LogP contribution in [0.25, 0.3) is 0 Å². The fourth-order valence-electron chi connectivity index (χ4n) is 4.60. The van der Waals surface area contributed by atoms with Crippen molar-refractivity contribution in [2.24, 2.45) is 5.92 Å². The third-order valence-electron chi connectivity index (χ3n) is 5.42. The molecule has 2 fully saturated rings. The number of hydrazine groups is 1. The quantitative estimate of drug-likeness (QED) is 0.510. The first-order chi connectivity index (χ1) is 12.0. The zero-order chi connectivity index (χ0) is 19.5. The van der Waals surface area contributed by atoms with E-state index in [1.165, 1.54) is 19.3 Å². The van der Waals surface area contributed by atoms with Gasteiger partial charge in [0, 0.05) is 25.7 Å². The number of carbonyl (C=O) groups is 1. The lowest BCUT2D eigenvalue weighted by Crippen LogP contribution is -2.65. The van der Waals surface area contributed by atoms with E-state index in [2.05, 4.69) is 29.3 Å². The molecule has 1 saturated heterocycles. The lowest BCUT2D eigenvalue weighted by atomic mass is 9.84. The molecule has 26 heavy (non-hydrogen) atoms. The highest BCUT2D eigenvalue weighted by molar-refractivity contribution is 6.73. The Kier molecular flexibility index (Phi) is 7.33. The number of hydrogen-bond donors (Lipinski definition) is 0. The van der Waals surface area contributed by atoms with E-state index in [1.807, 2.05) is 20.8 Å². The molecule has 0 aromatic carbocycles. The Morgan fingerprint density at radius 1 is 1.12 bits per heavy atom. The summed E-state index contributed by atoms with van der Waals surface area (Å²) in [7, 11) is 0.131. The topological polar surface area (TPSA) is 42.0 Å². The number of ether oxygens (including phenoxy) is 2. The first-order valence-electron chi connectivity index (χ1n) is 10.3. The molecule has 0 spiro atoms. The molecule has 0 bridgehead atoms. The Bertz CT molecular complexity index is 473. The molecular weight excluding hydrogens is 344 g/mol. The van der Waals surface area contributed by atoms with Crippen LogP contribution >= 0.6 is 0 Å². The van der Waals surface area contributed by atoms with E-state index >= 15 is 0 Å². The van der Waals surface area contributed by atoms with E-state index in [-0.39, 0.29) is 17.9 Å². The molecule has 1 saturated carbocycles. The summed E-state index contributed by atoms with van der Waals surface area (Å²) in [5.74, 6) is -0.0218. The zero-order valence-corrected chi connectivity index (χ0v) is 19.0. The molecule has 0 amide bonds. The van der Waals surface area contributed by atoms with Crippen molar-refractivity contribution in [2.75, 3.05) is 20.3 Å². The minimum Gasteiger partial charge on any atom is -0.460 e. The monoisotopic (exact) mass is 384 g/mol. The van der Waals surface area contributed by atoms with Crippen molar-refractivity contribution in [1.82, 2.24) is 9.68 Å². The van der Waals surface area contributed by atoms with Gasteiger partial charge in [0.2, 0.25) is 0 Å². The number of esters is 1. The first-order valence-corrected chi connectivity index (χ1v) is 13.8. The molecule has 2 aliphatic rings. The van der Waals surface area contributed by atoms with Crippen LogP contribution in [0.15, 0.2) is 0 Å². The van der Waals surface area contributed by atoms with Crippen LogP contribution < -0.4 is 0 Å². The molecule has 0 aromatic heterocycles. The smallest absolute Gasteiger partial charge is 0.311 e. The van der Waals surface area contributed by atoms with Gasteiger partial charge in [0.25, 0.3) is 0 Å².